The summed E-state index contributed by atoms with van der Waals surface area (Å²) in [6.45, 7) is 2.19. The maximum absolute atomic E-state index is 9.96. The van der Waals surface area contributed by atoms with E-state index >= 15 is 0 Å². The van der Waals surface area contributed by atoms with Crippen molar-refractivity contribution in [3.63, 3.8) is 0 Å². The van der Waals surface area contributed by atoms with E-state index in [1.165, 1.54) is 25.3 Å². The molecular weight excluding hydrogens is 152 g/mol. The molecule has 1 aliphatic rings. The summed E-state index contributed by atoms with van der Waals surface area (Å²) in [5, 5.41) is 0. The first-order valence-electron chi connectivity index (χ1n) is 4.66. The summed E-state index contributed by atoms with van der Waals surface area (Å²) in [5.41, 5.74) is 0. The first kappa shape index (κ1) is 9.46. The summed E-state index contributed by atoms with van der Waals surface area (Å²) in [6, 6.07) is 0. The van der Waals surface area contributed by atoms with Crippen molar-refractivity contribution in [2.75, 3.05) is 0 Å². The largest absolute Gasteiger partial charge is 0.365 e. The van der Waals surface area contributed by atoms with Crippen LogP contribution in [-0.4, -0.2) is 18.5 Å². The zero-order chi connectivity index (χ0) is 8.81. The van der Waals surface area contributed by atoms with Crippen molar-refractivity contribution >= 4 is 6.29 Å². The summed E-state index contributed by atoms with van der Waals surface area (Å²) < 4.78 is 5.32. The molecule has 0 saturated carbocycles. The summed E-state index contributed by atoms with van der Waals surface area (Å²) in [5.74, 6) is 0. The number of ether oxygens (including phenoxy) is 1. The second-order valence-electron chi connectivity index (χ2n) is 3.16. The molecule has 1 heterocycles. The van der Waals surface area contributed by atoms with Crippen LogP contribution in [0.1, 0.15) is 32.6 Å². The first-order valence-corrected chi connectivity index (χ1v) is 4.66. The van der Waals surface area contributed by atoms with Crippen molar-refractivity contribution in [3.8, 4) is 0 Å². The average molecular weight is 168 g/mol. The van der Waals surface area contributed by atoms with E-state index in [9.17, 15) is 4.79 Å². The van der Waals surface area contributed by atoms with E-state index in [4.69, 9.17) is 4.74 Å². The standard InChI is InChI=1S/C10H16O2/c1-2-3-4-6-9-10(12-9)7-5-8-11/h5,7-10H,2-4,6H2,1H3/t9-,10+/m1/s1. The van der Waals surface area contributed by atoms with Gasteiger partial charge in [0.05, 0.1) is 6.10 Å². The zero-order valence-electron chi connectivity index (χ0n) is 7.53. The molecule has 2 heteroatoms. The van der Waals surface area contributed by atoms with Crippen LogP contribution >= 0.6 is 0 Å². The number of aldehydes is 1. The van der Waals surface area contributed by atoms with Gasteiger partial charge in [-0.2, -0.15) is 0 Å². The Balaban J connectivity index is 2.00. The molecule has 1 saturated heterocycles. The van der Waals surface area contributed by atoms with E-state index in [0.717, 1.165) is 12.7 Å². The number of hydrogen-bond donors (Lipinski definition) is 0. The van der Waals surface area contributed by atoms with E-state index in [-0.39, 0.29) is 6.10 Å². The Morgan fingerprint density at radius 3 is 2.92 bits per heavy atom. The van der Waals surface area contributed by atoms with E-state index < -0.39 is 0 Å². The predicted octanol–water partition coefficient (Wildman–Crippen LogP) is 2.09. The summed E-state index contributed by atoms with van der Waals surface area (Å²) in [7, 11) is 0. The van der Waals surface area contributed by atoms with Crippen molar-refractivity contribution in [2.45, 2.75) is 44.8 Å². The van der Waals surface area contributed by atoms with Gasteiger partial charge in [0.1, 0.15) is 12.4 Å². The molecule has 0 bridgehead atoms. The summed E-state index contributed by atoms with van der Waals surface area (Å²) in [6.07, 6.45) is 9.69. The second-order valence-corrected chi connectivity index (χ2v) is 3.16. The highest BCUT2D eigenvalue weighted by Crippen LogP contribution is 2.28. The normalized spacial score (nSPS) is 27.8. The molecule has 1 fully saturated rings. The second kappa shape index (κ2) is 5.09. The maximum atomic E-state index is 9.96. The number of hydrogen-bond acceptors (Lipinski definition) is 2. The highest BCUT2D eigenvalue weighted by Gasteiger charge is 2.35. The smallest absolute Gasteiger partial charge is 0.142 e. The number of unbranched alkanes of at least 4 members (excludes halogenated alkanes) is 2. The van der Waals surface area contributed by atoms with Crippen LogP contribution in [-0.2, 0) is 9.53 Å². The Hall–Kier alpha value is -0.630. The van der Waals surface area contributed by atoms with Crippen LogP contribution in [0, 0.1) is 0 Å². The third kappa shape index (κ3) is 3.18. The topological polar surface area (TPSA) is 29.6 Å². The minimum atomic E-state index is 0.229. The monoisotopic (exact) mass is 168 g/mol. The van der Waals surface area contributed by atoms with Crippen LogP contribution < -0.4 is 0 Å². The lowest BCUT2D eigenvalue weighted by atomic mass is 10.1. The molecule has 0 radical (unpaired) electrons. The van der Waals surface area contributed by atoms with Crippen LogP contribution in [0.5, 0.6) is 0 Å². The number of allylic oxidation sites excluding steroid dienone is 1. The minimum Gasteiger partial charge on any atom is -0.365 e. The van der Waals surface area contributed by atoms with Gasteiger partial charge in [0.25, 0.3) is 0 Å². The third-order valence-corrected chi connectivity index (χ3v) is 2.09. The Morgan fingerprint density at radius 2 is 2.25 bits per heavy atom. The fraction of sp³-hybridized carbons (Fsp3) is 0.700. The van der Waals surface area contributed by atoms with Crippen molar-refractivity contribution in [1.82, 2.24) is 0 Å². The molecule has 2 nitrogen and oxygen atoms in total. The van der Waals surface area contributed by atoms with Gasteiger partial charge >= 0.3 is 0 Å². The summed E-state index contributed by atoms with van der Waals surface area (Å²) >= 11 is 0. The van der Waals surface area contributed by atoms with Gasteiger partial charge in [0, 0.05) is 0 Å². The van der Waals surface area contributed by atoms with Gasteiger partial charge in [0.15, 0.2) is 0 Å². The molecule has 2 atom stereocenters. The van der Waals surface area contributed by atoms with E-state index in [2.05, 4.69) is 6.92 Å². The molecular formula is C10H16O2. The maximum Gasteiger partial charge on any atom is 0.142 e. The van der Waals surface area contributed by atoms with Crippen LogP contribution in [0.2, 0.25) is 0 Å². The lowest BCUT2D eigenvalue weighted by Crippen LogP contribution is -1.90. The van der Waals surface area contributed by atoms with Gasteiger partial charge in [-0.25, -0.2) is 0 Å². The highest BCUT2D eigenvalue weighted by atomic mass is 16.6. The van der Waals surface area contributed by atoms with Crippen LogP contribution in [0.3, 0.4) is 0 Å². The third-order valence-electron chi connectivity index (χ3n) is 2.09. The fourth-order valence-electron chi connectivity index (χ4n) is 1.31. The van der Waals surface area contributed by atoms with Gasteiger partial charge in [-0.3, -0.25) is 4.79 Å². The van der Waals surface area contributed by atoms with Crippen molar-refractivity contribution in [1.29, 1.82) is 0 Å². The van der Waals surface area contributed by atoms with Crippen molar-refractivity contribution in [3.05, 3.63) is 12.2 Å². The SMILES string of the molecule is CCCCC[C@H]1O[C@H]1C=CC=O. The Labute approximate surface area is 73.6 Å². The average Bonchev–Trinajstić information content (AvgIpc) is 2.81. The molecule has 0 N–H and O–H groups in total. The number of rotatable bonds is 6. The van der Waals surface area contributed by atoms with Gasteiger partial charge in [-0.1, -0.05) is 32.3 Å². The molecule has 0 aromatic heterocycles. The van der Waals surface area contributed by atoms with E-state index in [1.807, 2.05) is 6.08 Å². The van der Waals surface area contributed by atoms with Crippen LogP contribution in [0.15, 0.2) is 12.2 Å². The Morgan fingerprint density at radius 1 is 1.42 bits per heavy atom. The van der Waals surface area contributed by atoms with Gasteiger partial charge in [-0.15, -0.1) is 0 Å². The van der Waals surface area contributed by atoms with Gasteiger partial charge < -0.3 is 4.74 Å². The quantitative estimate of drug-likeness (QED) is 0.263. The van der Waals surface area contributed by atoms with E-state index in [0.29, 0.717) is 6.10 Å². The molecule has 0 aliphatic carbocycles. The number of carbonyl (C=O) groups excluding carboxylic acids is 1. The number of epoxide rings is 1. The molecule has 1 rings (SSSR count). The summed E-state index contributed by atoms with van der Waals surface area (Å²) in [4.78, 5) is 9.96. The molecule has 1 aliphatic heterocycles. The molecule has 0 unspecified atom stereocenters. The predicted molar refractivity (Wildman–Crippen MR) is 48.0 cm³/mol. The highest BCUT2D eigenvalue weighted by molar-refractivity contribution is 5.64. The zero-order valence-corrected chi connectivity index (χ0v) is 7.53. The van der Waals surface area contributed by atoms with Crippen LogP contribution in [0.25, 0.3) is 0 Å². The van der Waals surface area contributed by atoms with Crippen LogP contribution in [0.4, 0.5) is 0 Å². The van der Waals surface area contributed by atoms with Crippen molar-refractivity contribution < 1.29 is 9.53 Å². The minimum absolute atomic E-state index is 0.229. The lowest BCUT2D eigenvalue weighted by molar-refractivity contribution is -0.104. The fourth-order valence-corrected chi connectivity index (χ4v) is 1.31. The molecule has 12 heavy (non-hydrogen) atoms. The lowest BCUT2D eigenvalue weighted by Gasteiger charge is -1.91. The molecule has 68 valence electrons. The molecule has 0 aromatic carbocycles. The number of carbonyl (C=O) groups is 1. The molecule has 0 aromatic rings. The Bertz CT molecular complexity index is 163. The van der Waals surface area contributed by atoms with Gasteiger partial charge in [0.2, 0.25) is 0 Å². The Kier molecular flexibility index (Phi) is 4.01. The van der Waals surface area contributed by atoms with Crippen molar-refractivity contribution in [2.24, 2.45) is 0 Å². The van der Waals surface area contributed by atoms with Gasteiger partial charge in [-0.05, 0) is 12.5 Å². The first-order chi connectivity index (χ1) is 5.88. The molecule has 0 spiro atoms. The van der Waals surface area contributed by atoms with E-state index in [1.54, 1.807) is 0 Å². The molecule has 0 amide bonds.